The summed E-state index contributed by atoms with van der Waals surface area (Å²) >= 11 is 1.65. The summed E-state index contributed by atoms with van der Waals surface area (Å²) in [6.45, 7) is 3.13. The van der Waals surface area contributed by atoms with E-state index in [2.05, 4.69) is 39.9 Å². The van der Waals surface area contributed by atoms with Crippen LogP contribution >= 0.6 is 11.3 Å². The predicted molar refractivity (Wildman–Crippen MR) is 135 cm³/mol. The first-order chi connectivity index (χ1) is 16.2. The molecule has 1 N–H and O–H groups in total. The Kier molecular flexibility index (Phi) is 7.67. The molecule has 0 radical (unpaired) electrons. The van der Waals surface area contributed by atoms with E-state index >= 15 is 0 Å². The molecule has 3 aromatic carbocycles. The van der Waals surface area contributed by atoms with Gasteiger partial charge < -0.3 is 10.1 Å². The van der Waals surface area contributed by atoms with Gasteiger partial charge in [-0.1, -0.05) is 66.7 Å². The second-order valence-electron chi connectivity index (χ2n) is 7.67. The van der Waals surface area contributed by atoms with Crippen molar-refractivity contribution in [3.05, 3.63) is 112 Å². The van der Waals surface area contributed by atoms with Crippen molar-refractivity contribution in [2.24, 2.45) is 0 Å². The molecule has 4 rings (SSSR count). The quantitative estimate of drug-likeness (QED) is 0.312. The third-order valence-corrected chi connectivity index (χ3v) is 5.91. The van der Waals surface area contributed by atoms with Gasteiger partial charge in [0, 0.05) is 23.6 Å². The molecule has 1 aromatic heterocycles. The van der Waals surface area contributed by atoms with Crippen LogP contribution in [0.3, 0.4) is 0 Å². The van der Waals surface area contributed by atoms with Crippen molar-refractivity contribution in [1.82, 2.24) is 10.3 Å². The summed E-state index contributed by atoms with van der Waals surface area (Å²) in [5, 5.41) is 6.08. The molecular weight excluding hydrogens is 428 g/mol. The largest absolute Gasteiger partial charge is 0.489 e. The summed E-state index contributed by atoms with van der Waals surface area (Å²) in [7, 11) is 0. The van der Waals surface area contributed by atoms with Gasteiger partial charge >= 0.3 is 0 Å². The normalized spacial score (nSPS) is 10.9. The van der Waals surface area contributed by atoms with Crippen LogP contribution in [0.1, 0.15) is 21.7 Å². The standard InChI is InChI=1S/C28H26N2O2S/c1-21-30-27(20-33-21)25-12-7-23(8-13-25)17-18-29-28(31)16-11-22-9-14-26(15-10-22)32-19-24-5-3-2-4-6-24/h2-16,20H,17-19H2,1H3,(H,29,31)/b16-11+. The lowest BCUT2D eigenvalue weighted by Gasteiger charge is -2.06. The molecule has 0 aliphatic carbocycles. The summed E-state index contributed by atoms with van der Waals surface area (Å²) in [5.41, 5.74) is 5.39. The molecule has 166 valence electrons. The Morgan fingerprint density at radius 1 is 0.970 bits per heavy atom. The highest BCUT2D eigenvalue weighted by atomic mass is 32.1. The van der Waals surface area contributed by atoms with E-state index in [4.69, 9.17) is 4.74 Å². The van der Waals surface area contributed by atoms with Crippen molar-refractivity contribution in [2.45, 2.75) is 20.0 Å². The molecule has 0 aliphatic heterocycles. The summed E-state index contributed by atoms with van der Waals surface area (Å²) in [4.78, 5) is 16.7. The van der Waals surface area contributed by atoms with Gasteiger partial charge in [-0.25, -0.2) is 4.98 Å². The lowest BCUT2D eigenvalue weighted by Crippen LogP contribution is -2.23. The lowest BCUT2D eigenvalue weighted by atomic mass is 10.1. The van der Waals surface area contributed by atoms with Gasteiger partial charge in [0.15, 0.2) is 0 Å². The van der Waals surface area contributed by atoms with E-state index in [9.17, 15) is 4.79 Å². The predicted octanol–water partition coefficient (Wildman–Crippen LogP) is 6.07. The molecule has 5 heteroatoms. The fourth-order valence-corrected chi connectivity index (χ4v) is 3.94. The van der Waals surface area contributed by atoms with Crippen molar-refractivity contribution in [3.63, 3.8) is 0 Å². The molecule has 0 aliphatic rings. The molecule has 4 aromatic rings. The first-order valence-corrected chi connectivity index (χ1v) is 11.8. The molecule has 1 heterocycles. The van der Waals surface area contributed by atoms with Crippen molar-refractivity contribution < 1.29 is 9.53 Å². The Labute approximate surface area is 198 Å². The lowest BCUT2D eigenvalue weighted by molar-refractivity contribution is -0.116. The third kappa shape index (κ3) is 6.89. The van der Waals surface area contributed by atoms with Gasteiger partial charge in [-0.15, -0.1) is 11.3 Å². The molecule has 0 atom stereocenters. The van der Waals surface area contributed by atoms with Gasteiger partial charge in [0.05, 0.1) is 10.7 Å². The first kappa shape index (κ1) is 22.5. The molecule has 0 unspecified atom stereocenters. The van der Waals surface area contributed by atoms with Gasteiger partial charge in [0.25, 0.3) is 0 Å². The van der Waals surface area contributed by atoms with E-state index in [1.165, 1.54) is 5.56 Å². The number of aryl methyl sites for hydroxylation is 1. The number of benzene rings is 3. The van der Waals surface area contributed by atoms with Crippen molar-refractivity contribution in [1.29, 1.82) is 0 Å². The van der Waals surface area contributed by atoms with Gasteiger partial charge in [-0.05, 0) is 48.2 Å². The summed E-state index contributed by atoms with van der Waals surface area (Å²) in [6.07, 6.45) is 4.15. The minimum absolute atomic E-state index is 0.103. The van der Waals surface area contributed by atoms with Crippen molar-refractivity contribution >= 4 is 23.3 Å². The maximum atomic E-state index is 12.1. The van der Waals surface area contributed by atoms with E-state index in [0.29, 0.717) is 13.2 Å². The van der Waals surface area contributed by atoms with Gasteiger partial charge in [-0.3, -0.25) is 4.79 Å². The Bertz CT molecular complexity index is 1200. The number of hydrogen-bond donors (Lipinski definition) is 1. The molecule has 0 bridgehead atoms. The second-order valence-corrected chi connectivity index (χ2v) is 8.73. The Hall–Kier alpha value is -3.70. The monoisotopic (exact) mass is 454 g/mol. The number of ether oxygens (including phenoxy) is 1. The smallest absolute Gasteiger partial charge is 0.244 e. The topological polar surface area (TPSA) is 51.2 Å². The van der Waals surface area contributed by atoms with Crippen LogP contribution < -0.4 is 10.1 Å². The molecule has 0 spiro atoms. The number of hydrogen-bond acceptors (Lipinski definition) is 4. The molecule has 0 saturated carbocycles. The van der Waals surface area contributed by atoms with E-state index in [0.717, 1.165) is 39.6 Å². The number of carbonyl (C=O) groups excluding carboxylic acids is 1. The van der Waals surface area contributed by atoms with Crippen LogP contribution in [-0.4, -0.2) is 17.4 Å². The molecule has 4 nitrogen and oxygen atoms in total. The van der Waals surface area contributed by atoms with Crippen LogP contribution in [0.15, 0.2) is 90.3 Å². The highest BCUT2D eigenvalue weighted by molar-refractivity contribution is 7.09. The zero-order valence-electron chi connectivity index (χ0n) is 18.5. The molecule has 0 fully saturated rings. The van der Waals surface area contributed by atoms with E-state index in [1.54, 1.807) is 23.5 Å². The average Bonchev–Trinajstić information content (AvgIpc) is 3.29. The maximum absolute atomic E-state index is 12.1. The van der Waals surface area contributed by atoms with Crippen molar-refractivity contribution in [2.75, 3.05) is 6.54 Å². The first-order valence-electron chi connectivity index (χ1n) is 10.9. The van der Waals surface area contributed by atoms with Gasteiger partial charge in [-0.2, -0.15) is 0 Å². The summed E-state index contributed by atoms with van der Waals surface area (Å²) in [6, 6.07) is 26.1. The van der Waals surface area contributed by atoms with E-state index in [1.807, 2.05) is 61.5 Å². The minimum Gasteiger partial charge on any atom is -0.489 e. The fraction of sp³-hybridized carbons (Fsp3) is 0.143. The maximum Gasteiger partial charge on any atom is 0.244 e. The van der Waals surface area contributed by atoms with Gasteiger partial charge in [0.1, 0.15) is 12.4 Å². The molecular formula is C28H26N2O2S. The SMILES string of the molecule is Cc1nc(-c2ccc(CCNC(=O)/C=C/c3ccc(OCc4ccccc4)cc3)cc2)cs1. The van der Waals surface area contributed by atoms with Crippen LogP contribution in [0, 0.1) is 6.92 Å². The number of amides is 1. The molecule has 1 amide bonds. The third-order valence-electron chi connectivity index (χ3n) is 5.14. The Morgan fingerprint density at radius 3 is 2.42 bits per heavy atom. The summed E-state index contributed by atoms with van der Waals surface area (Å²) in [5.74, 6) is 0.699. The van der Waals surface area contributed by atoms with Gasteiger partial charge in [0.2, 0.25) is 5.91 Å². The van der Waals surface area contributed by atoms with Crippen LogP contribution in [0.2, 0.25) is 0 Å². The Balaban J connectivity index is 1.19. The zero-order valence-corrected chi connectivity index (χ0v) is 19.3. The zero-order chi connectivity index (χ0) is 22.9. The number of aromatic nitrogens is 1. The number of thiazole rings is 1. The van der Waals surface area contributed by atoms with Crippen molar-refractivity contribution in [3.8, 4) is 17.0 Å². The van der Waals surface area contributed by atoms with E-state index in [-0.39, 0.29) is 5.91 Å². The minimum atomic E-state index is -0.103. The fourth-order valence-electron chi connectivity index (χ4n) is 3.32. The van der Waals surface area contributed by atoms with Crippen LogP contribution in [0.25, 0.3) is 17.3 Å². The number of rotatable bonds is 9. The molecule has 0 saturated heterocycles. The molecule has 33 heavy (non-hydrogen) atoms. The average molecular weight is 455 g/mol. The Morgan fingerprint density at radius 2 is 1.73 bits per heavy atom. The van der Waals surface area contributed by atoms with Crippen LogP contribution in [-0.2, 0) is 17.8 Å². The highest BCUT2D eigenvalue weighted by Gasteiger charge is 2.03. The number of carbonyl (C=O) groups is 1. The summed E-state index contributed by atoms with van der Waals surface area (Å²) < 4.78 is 5.79. The van der Waals surface area contributed by atoms with Crippen LogP contribution in [0.4, 0.5) is 0 Å². The second kappa shape index (κ2) is 11.2. The van der Waals surface area contributed by atoms with Crippen LogP contribution in [0.5, 0.6) is 5.75 Å². The van der Waals surface area contributed by atoms with E-state index < -0.39 is 0 Å². The highest BCUT2D eigenvalue weighted by Crippen LogP contribution is 2.22. The number of nitrogens with one attached hydrogen (secondary N) is 1. The number of nitrogens with zero attached hydrogens (tertiary/aromatic N) is 1.